The lowest BCUT2D eigenvalue weighted by atomic mass is 10.2. The Kier molecular flexibility index (Phi) is 4.61. The van der Waals surface area contributed by atoms with Gasteiger partial charge in [0, 0.05) is 31.2 Å². The van der Waals surface area contributed by atoms with E-state index in [-0.39, 0.29) is 6.10 Å². The molecule has 0 amide bonds. The van der Waals surface area contributed by atoms with Crippen molar-refractivity contribution in [3.8, 4) is 5.75 Å². The second kappa shape index (κ2) is 6.42. The molecule has 3 heteroatoms. The standard InChI is InChI=1S/C17H22N2O/c1-13(2)20-17-7-5-6-15(11-17)12-19(4)16-8-9-18-14(3)10-16/h5-11,13H,12H2,1-4H3. The van der Waals surface area contributed by atoms with Crippen molar-refractivity contribution in [3.63, 3.8) is 0 Å². The maximum atomic E-state index is 5.73. The van der Waals surface area contributed by atoms with Crippen molar-refractivity contribution >= 4 is 5.69 Å². The summed E-state index contributed by atoms with van der Waals surface area (Å²) < 4.78 is 5.73. The largest absolute Gasteiger partial charge is 0.491 e. The Morgan fingerprint density at radius 3 is 2.70 bits per heavy atom. The molecule has 0 saturated heterocycles. The minimum Gasteiger partial charge on any atom is -0.491 e. The van der Waals surface area contributed by atoms with E-state index in [1.807, 2.05) is 45.2 Å². The van der Waals surface area contributed by atoms with Crippen LogP contribution < -0.4 is 9.64 Å². The Morgan fingerprint density at radius 1 is 1.20 bits per heavy atom. The van der Waals surface area contributed by atoms with Crippen molar-refractivity contribution in [1.29, 1.82) is 0 Å². The molecular weight excluding hydrogens is 248 g/mol. The lowest BCUT2D eigenvalue weighted by Crippen LogP contribution is -2.16. The molecule has 0 N–H and O–H groups in total. The third-order valence-corrected chi connectivity index (χ3v) is 3.01. The first-order valence-corrected chi connectivity index (χ1v) is 6.94. The maximum Gasteiger partial charge on any atom is 0.120 e. The SMILES string of the molecule is Cc1cc(N(C)Cc2cccc(OC(C)C)c2)ccn1. The van der Waals surface area contributed by atoms with Crippen LogP contribution >= 0.6 is 0 Å². The quantitative estimate of drug-likeness (QED) is 0.826. The van der Waals surface area contributed by atoms with Crippen molar-refractivity contribution in [2.45, 2.75) is 33.4 Å². The zero-order chi connectivity index (χ0) is 14.5. The molecule has 106 valence electrons. The van der Waals surface area contributed by atoms with Gasteiger partial charge in [0.05, 0.1) is 6.10 Å². The van der Waals surface area contributed by atoms with Gasteiger partial charge in [0.2, 0.25) is 0 Å². The average molecular weight is 270 g/mol. The molecule has 20 heavy (non-hydrogen) atoms. The van der Waals surface area contributed by atoms with Crippen LogP contribution in [0.4, 0.5) is 5.69 Å². The van der Waals surface area contributed by atoms with Crippen molar-refractivity contribution in [2.24, 2.45) is 0 Å². The Morgan fingerprint density at radius 2 is 2.00 bits per heavy atom. The highest BCUT2D eigenvalue weighted by Crippen LogP contribution is 2.19. The van der Waals surface area contributed by atoms with E-state index in [4.69, 9.17) is 4.74 Å². The highest BCUT2D eigenvalue weighted by molar-refractivity contribution is 5.46. The Bertz CT molecular complexity index is 566. The molecule has 0 spiro atoms. The second-order valence-electron chi connectivity index (χ2n) is 5.33. The third-order valence-electron chi connectivity index (χ3n) is 3.01. The van der Waals surface area contributed by atoms with Gasteiger partial charge < -0.3 is 9.64 Å². The number of hydrogen-bond acceptors (Lipinski definition) is 3. The summed E-state index contributed by atoms with van der Waals surface area (Å²) in [5.41, 5.74) is 3.44. The van der Waals surface area contributed by atoms with Crippen LogP contribution in [0.25, 0.3) is 0 Å². The van der Waals surface area contributed by atoms with Crippen LogP contribution in [0.5, 0.6) is 5.75 Å². The van der Waals surface area contributed by atoms with Gasteiger partial charge in [-0.15, -0.1) is 0 Å². The smallest absolute Gasteiger partial charge is 0.120 e. The van der Waals surface area contributed by atoms with Gasteiger partial charge in [-0.3, -0.25) is 4.98 Å². The van der Waals surface area contributed by atoms with Crippen molar-refractivity contribution in [3.05, 3.63) is 53.9 Å². The predicted molar refractivity (Wildman–Crippen MR) is 83.3 cm³/mol. The van der Waals surface area contributed by atoms with Crippen LogP contribution in [0.2, 0.25) is 0 Å². The van der Waals surface area contributed by atoms with Gasteiger partial charge in [-0.1, -0.05) is 12.1 Å². The summed E-state index contributed by atoms with van der Waals surface area (Å²) in [7, 11) is 2.09. The summed E-state index contributed by atoms with van der Waals surface area (Å²) in [6, 6.07) is 12.4. The highest BCUT2D eigenvalue weighted by Gasteiger charge is 2.04. The number of nitrogens with zero attached hydrogens (tertiary/aromatic N) is 2. The summed E-state index contributed by atoms with van der Waals surface area (Å²) >= 11 is 0. The first-order valence-electron chi connectivity index (χ1n) is 6.94. The topological polar surface area (TPSA) is 25.4 Å². The molecule has 0 fully saturated rings. The van der Waals surface area contributed by atoms with Gasteiger partial charge in [0.15, 0.2) is 0 Å². The monoisotopic (exact) mass is 270 g/mol. The molecule has 1 heterocycles. The lowest BCUT2D eigenvalue weighted by molar-refractivity contribution is 0.242. The van der Waals surface area contributed by atoms with E-state index in [1.165, 1.54) is 11.3 Å². The van der Waals surface area contributed by atoms with Crippen molar-refractivity contribution in [2.75, 3.05) is 11.9 Å². The molecule has 0 aliphatic heterocycles. The van der Waals surface area contributed by atoms with E-state index >= 15 is 0 Å². The Labute approximate surface area is 121 Å². The normalized spacial score (nSPS) is 10.7. The van der Waals surface area contributed by atoms with E-state index < -0.39 is 0 Å². The minimum absolute atomic E-state index is 0.200. The average Bonchev–Trinajstić information content (AvgIpc) is 2.38. The number of benzene rings is 1. The zero-order valence-electron chi connectivity index (χ0n) is 12.6. The molecule has 0 aliphatic carbocycles. The molecule has 2 rings (SSSR count). The number of hydrogen-bond donors (Lipinski definition) is 0. The van der Waals surface area contributed by atoms with Crippen LogP contribution in [0.3, 0.4) is 0 Å². The number of pyridine rings is 1. The number of anilines is 1. The first-order chi connectivity index (χ1) is 9.54. The fourth-order valence-electron chi connectivity index (χ4n) is 2.12. The molecule has 3 nitrogen and oxygen atoms in total. The molecule has 0 radical (unpaired) electrons. The minimum atomic E-state index is 0.200. The van der Waals surface area contributed by atoms with Crippen molar-refractivity contribution < 1.29 is 4.74 Å². The molecule has 2 aromatic rings. The van der Waals surface area contributed by atoms with Crippen LogP contribution in [-0.2, 0) is 6.54 Å². The predicted octanol–water partition coefficient (Wildman–Crippen LogP) is 3.81. The molecule has 0 saturated carbocycles. The number of ether oxygens (including phenoxy) is 1. The van der Waals surface area contributed by atoms with Gasteiger partial charge >= 0.3 is 0 Å². The van der Waals surface area contributed by atoms with Gasteiger partial charge in [-0.2, -0.15) is 0 Å². The van der Waals surface area contributed by atoms with Gasteiger partial charge in [-0.25, -0.2) is 0 Å². The van der Waals surface area contributed by atoms with Gasteiger partial charge in [0.25, 0.3) is 0 Å². The van der Waals surface area contributed by atoms with E-state index in [9.17, 15) is 0 Å². The van der Waals surface area contributed by atoms with Crippen molar-refractivity contribution in [1.82, 2.24) is 4.98 Å². The summed E-state index contributed by atoms with van der Waals surface area (Å²) in [5.74, 6) is 0.928. The fraction of sp³-hybridized carbons (Fsp3) is 0.353. The van der Waals surface area contributed by atoms with Gasteiger partial charge in [-0.05, 0) is 50.6 Å². The van der Waals surface area contributed by atoms with E-state index in [2.05, 4.69) is 35.1 Å². The molecule has 1 aromatic heterocycles. The maximum absolute atomic E-state index is 5.73. The Hall–Kier alpha value is -2.03. The van der Waals surface area contributed by atoms with Gasteiger partial charge in [0.1, 0.15) is 5.75 Å². The van der Waals surface area contributed by atoms with Crippen LogP contribution in [0, 0.1) is 6.92 Å². The molecule has 0 bridgehead atoms. The van der Waals surface area contributed by atoms with Crippen LogP contribution in [0.1, 0.15) is 25.1 Å². The molecule has 1 aromatic carbocycles. The molecule has 0 atom stereocenters. The molecule has 0 unspecified atom stereocenters. The van der Waals surface area contributed by atoms with E-state index in [0.29, 0.717) is 0 Å². The summed E-state index contributed by atoms with van der Waals surface area (Å²) in [5, 5.41) is 0. The summed E-state index contributed by atoms with van der Waals surface area (Å²) in [4.78, 5) is 6.44. The summed E-state index contributed by atoms with van der Waals surface area (Å²) in [6.45, 7) is 6.93. The fourth-order valence-corrected chi connectivity index (χ4v) is 2.12. The lowest BCUT2D eigenvalue weighted by Gasteiger charge is -2.20. The zero-order valence-corrected chi connectivity index (χ0v) is 12.6. The second-order valence-corrected chi connectivity index (χ2v) is 5.33. The molecule has 0 aliphatic rings. The van der Waals surface area contributed by atoms with E-state index in [1.54, 1.807) is 0 Å². The summed E-state index contributed by atoms with van der Waals surface area (Å²) in [6.07, 6.45) is 2.05. The van der Waals surface area contributed by atoms with Crippen LogP contribution in [0.15, 0.2) is 42.6 Å². The number of rotatable bonds is 5. The highest BCUT2D eigenvalue weighted by atomic mass is 16.5. The van der Waals surface area contributed by atoms with E-state index in [0.717, 1.165) is 18.0 Å². The first kappa shape index (κ1) is 14.4. The number of aryl methyl sites for hydroxylation is 1. The Balaban J connectivity index is 2.09. The van der Waals surface area contributed by atoms with Crippen LogP contribution in [-0.4, -0.2) is 18.1 Å². The third kappa shape index (κ3) is 3.98. The number of aromatic nitrogens is 1. The molecular formula is C17H22N2O.